The molecule has 3 N–H and O–H groups in total. The predicted molar refractivity (Wildman–Crippen MR) is 77.7 cm³/mol. The minimum atomic E-state index is -1.92. The summed E-state index contributed by atoms with van der Waals surface area (Å²) < 4.78 is 13.2. The van der Waals surface area contributed by atoms with Crippen LogP contribution in [0, 0.1) is 34.6 Å². The van der Waals surface area contributed by atoms with Gasteiger partial charge in [0.2, 0.25) is 18.3 Å². The molecule has 0 heterocycles. The van der Waals surface area contributed by atoms with Crippen molar-refractivity contribution in [3.8, 4) is 18.8 Å². The fraction of sp³-hybridized carbons (Fsp3) is 0.200. The minimum Gasteiger partial charge on any atom is -0.478 e. The first-order valence-electron chi connectivity index (χ1n) is 6.74. The summed E-state index contributed by atoms with van der Waals surface area (Å²) in [5, 5.41) is 53.3. The Bertz CT molecular complexity index is 751. The first kappa shape index (κ1) is 20.5. The number of carboxylic acid groups (broad SMARTS) is 3. The first-order valence-corrected chi connectivity index (χ1v) is 6.74. The van der Waals surface area contributed by atoms with Gasteiger partial charge in [-0.15, -0.1) is 0 Å². The fourth-order valence-corrected chi connectivity index (χ4v) is 2.10. The molecular formula is C15H9N3O9. The van der Waals surface area contributed by atoms with Crippen LogP contribution >= 0.6 is 0 Å². The molecule has 1 aromatic rings. The Labute approximate surface area is 150 Å². The number of hydrogen-bond donors (Lipinski definition) is 3. The Hall–Kier alpha value is -4.50. The Balaban J connectivity index is 3.69. The van der Waals surface area contributed by atoms with E-state index in [1.165, 1.54) is 0 Å². The van der Waals surface area contributed by atoms with Gasteiger partial charge in [-0.3, -0.25) is 0 Å². The lowest BCUT2D eigenvalue weighted by molar-refractivity contribution is -0.147. The summed E-state index contributed by atoms with van der Waals surface area (Å²) in [6.45, 7) is 0. The second kappa shape index (κ2) is 9.11. The molecule has 3 atom stereocenters. The van der Waals surface area contributed by atoms with Gasteiger partial charge in [0.15, 0.2) is 0 Å². The Morgan fingerprint density at radius 3 is 1.04 bits per heavy atom. The van der Waals surface area contributed by atoms with Crippen molar-refractivity contribution >= 4 is 17.9 Å². The second-order valence-corrected chi connectivity index (χ2v) is 4.72. The van der Waals surface area contributed by atoms with Gasteiger partial charge in [-0.05, 0) is 18.2 Å². The van der Waals surface area contributed by atoms with Crippen molar-refractivity contribution in [1.29, 1.82) is 15.8 Å². The highest BCUT2D eigenvalue weighted by atomic mass is 16.5. The molecule has 0 fully saturated rings. The number of ether oxygens (including phenoxy) is 3. The number of aliphatic carboxylic acids is 3. The lowest BCUT2D eigenvalue weighted by Gasteiger charge is -2.18. The van der Waals surface area contributed by atoms with Crippen molar-refractivity contribution in [2.75, 3.05) is 0 Å². The zero-order valence-corrected chi connectivity index (χ0v) is 13.1. The highest BCUT2D eigenvalue weighted by Gasteiger charge is 2.31. The van der Waals surface area contributed by atoms with E-state index in [0.29, 0.717) is 0 Å². The van der Waals surface area contributed by atoms with Crippen molar-refractivity contribution in [3.05, 3.63) is 34.9 Å². The van der Waals surface area contributed by atoms with E-state index in [2.05, 4.69) is 14.2 Å². The van der Waals surface area contributed by atoms with Crippen LogP contribution in [0.4, 0.5) is 0 Å². The Morgan fingerprint density at radius 2 is 0.889 bits per heavy atom. The maximum Gasteiger partial charge on any atom is 0.350 e. The molecule has 3 unspecified atom stereocenters. The molecule has 27 heavy (non-hydrogen) atoms. The number of hydrogen-bond acceptors (Lipinski definition) is 9. The van der Waals surface area contributed by atoms with E-state index in [1.807, 2.05) is 0 Å². The van der Waals surface area contributed by atoms with E-state index >= 15 is 0 Å². The molecule has 0 aliphatic heterocycles. The summed E-state index contributed by atoms with van der Waals surface area (Å²) in [5.41, 5.74) is -1.01. The van der Waals surface area contributed by atoms with Crippen LogP contribution in [0.25, 0.3) is 0 Å². The van der Waals surface area contributed by atoms with Gasteiger partial charge in [0, 0.05) is 16.7 Å². The van der Waals surface area contributed by atoms with Crippen molar-refractivity contribution in [2.45, 2.75) is 18.3 Å². The summed E-state index contributed by atoms with van der Waals surface area (Å²) in [6.07, 6.45) is -2.26. The molecule has 0 amide bonds. The molecule has 1 aromatic carbocycles. The molecule has 1 rings (SSSR count). The molecule has 138 valence electrons. The molecule has 0 aromatic heterocycles. The summed E-state index contributed by atoms with van der Waals surface area (Å²) in [5.74, 6) is -4.91. The number of nitrogens with zero attached hydrogens (tertiary/aromatic N) is 3. The van der Waals surface area contributed by atoms with Crippen LogP contribution in [0.15, 0.2) is 18.2 Å². The fourth-order valence-electron chi connectivity index (χ4n) is 2.10. The molecule has 0 saturated carbocycles. The van der Waals surface area contributed by atoms with E-state index in [4.69, 9.17) is 31.1 Å². The zero-order valence-electron chi connectivity index (χ0n) is 13.1. The molecule has 0 saturated heterocycles. The smallest absolute Gasteiger partial charge is 0.350 e. The number of benzene rings is 1. The number of nitriles is 3. The molecule has 0 spiro atoms. The van der Waals surface area contributed by atoms with E-state index in [1.54, 1.807) is 0 Å². The largest absolute Gasteiger partial charge is 0.478 e. The summed E-state index contributed by atoms with van der Waals surface area (Å²) >= 11 is 0. The standard InChI is InChI=1S/C15H9N3O9/c16-4-25-10(13(19)20)7-1-8(11(14(21)22)26-5-17)3-9(2-7)12(15(23)24)27-6-18/h1-3,10-12H,(H,19,20)(H,21,22)(H,23,24). The van der Waals surface area contributed by atoms with Crippen LogP contribution in [-0.4, -0.2) is 33.2 Å². The van der Waals surface area contributed by atoms with Gasteiger partial charge in [-0.1, -0.05) is 0 Å². The SMILES string of the molecule is N#COC(C(=O)O)c1cc(C(OC#N)C(=O)O)cc(C(OC#N)C(=O)O)c1. The quantitative estimate of drug-likeness (QED) is 0.505. The first-order chi connectivity index (χ1) is 12.8. The van der Waals surface area contributed by atoms with Crippen LogP contribution in [0.5, 0.6) is 0 Å². The van der Waals surface area contributed by atoms with E-state index in [-0.39, 0.29) is 16.7 Å². The van der Waals surface area contributed by atoms with Crippen LogP contribution in [0.3, 0.4) is 0 Å². The predicted octanol–water partition coefficient (Wildman–Crippen LogP) is 0.557. The Kier molecular flexibility index (Phi) is 6.93. The van der Waals surface area contributed by atoms with Gasteiger partial charge in [0.05, 0.1) is 0 Å². The topological polar surface area (TPSA) is 211 Å². The molecule has 0 bridgehead atoms. The molecule has 12 heteroatoms. The van der Waals surface area contributed by atoms with Crippen molar-refractivity contribution < 1.29 is 43.9 Å². The van der Waals surface area contributed by atoms with Crippen molar-refractivity contribution in [3.63, 3.8) is 0 Å². The number of carbonyl (C=O) groups is 3. The summed E-state index contributed by atoms with van der Waals surface area (Å²) in [4.78, 5) is 33.9. The van der Waals surface area contributed by atoms with Crippen molar-refractivity contribution in [1.82, 2.24) is 0 Å². The molecule has 0 radical (unpaired) electrons. The van der Waals surface area contributed by atoms with Gasteiger partial charge >= 0.3 is 17.9 Å². The number of carboxylic acids is 3. The maximum atomic E-state index is 11.3. The van der Waals surface area contributed by atoms with Crippen molar-refractivity contribution in [2.24, 2.45) is 0 Å². The highest BCUT2D eigenvalue weighted by molar-refractivity contribution is 5.79. The monoisotopic (exact) mass is 375 g/mol. The van der Waals surface area contributed by atoms with E-state index in [0.717, 1.165) is 37.0 Å². The van der Waals surface area contributed by atoms with Gasteiger partial charge in [0.1, 0.15) is 0 Å². The van der Waals surface area contributed by atoms with Gasteiger partial charge in [0.25, 0.3) is 18.8 Å². The van der Waals surface area contributed by atoms with Gasteiger partial charge in [-0.2, -0.15) is 15.8 Å². The van der Waals surface area contributed by atoms with Crippen LogP contribution < -0.4 is 0 Å². The maximum absolute atomic E-state index is 11.3. The van der Waals surface area contributed by atoms with Gasteiger partial charge < -0.3 is 29.5 Å². The van der Waals surface area contributed by atoms with E-state index < -0.39 is 36.2 Å². The minimum absolute atomic E-state index is 0.336. The normalized spacial score (nSPS) is 12.8. The molecule has 12 nitrogen and oxygen atoms in total. The molecular weight excluding hydrogens is 366 g/mol. The highest BCUT2D eigenvalue weighted by Crippen LogP contribution is 2.30. The lowest BCUT2D eigenvalue weighted by Crippen LogP contribution is -2.19. The summed E-state index contributed by atoms with van der Waals surface area (Å²) in [6, 6.07) is 2.84. The van der Waals surface area contributed by atoms with Crippen LogP contribution in [-0.2, 0) is 28.6 Å². The van der Waals surface area contributed by atoms with Gasteiger partial charge in [-0.25, -0.2) is 14.4 Å². The summed E-state index contributed by atoms with van der Waals surface area (Å²) in [7, 11) is 0. The lowest BCUT2D eigenvalue weighted by atomic mass is 9.96. The molecule has 0 aliphatic rings. The second-order valence-electron chi connectivity index (χ2n) is 4.72. The third kappa shape index (κ3) is 4.98. The van der Waals surface area contributed by atoms with E-state index in [9.17, 15) is 14.4 Å². The average molecular weight is 375 g/mol. The zero-order chi connectivity index (χ0) is 20.6. The molecule has 0 aliphatic carbocycles. The third-order valence-electron chi connectivity index (χ3n) is 3.09. The third-order valence-corrected chi connectivity index (χ3v) is 3.09. The number of rotatable bonds is 9. The van der Waals surface area contributed by atoms with Crippen LogP contribution in [0.1, 0.15) is 35.0 Å². The van der Waals surface area contributed by atoms with Crippen LogP contribution in [0.2, 0.25) is 0 Å². The average Bonchev–Trinajstić information content (AvgIpc) is 2.60. The Morgan fingerprint density at radius 1 is 0.667 bits per heavy atom.